The van der Waals surface area contributed by atoms with Gasteiger partial charge in [-0.3, -0.25) is 0 Å². The van der Waals surface area contributed by atoms with Crippen molar-refractivity contribution in [3.8, 4) is 0 Å². The van der Waals surface area contributed by atoms with Gasteiger partial charge in [-0.15, -0.1) is 0 Å². The number of piperidine rings is 1. The van der Waals surface area contributed by atoms with Gasteiger partial charge in [-0.25, -0.2) is 13.1 Å². The molecule has 1 saturated carbocycles. The summed E-state index contributed by atoms with van der Waals surface area (Å²) < 4.78 is 31.9. The van der Waals surface area contributed by atoms with E-state index < -0.39 is 10.0 Å². The number of ether oxygens (including phenoxy) is 1. The second-order valence-electron chi connectivity index (χ2n) is 5.73. The normalized spacial score (nSPS) is 24.1. The Morgan fingerprint density at radius 2 is 2.00 bits per heavy atom. The van der Waals surface area contributed by atoms with Gasteiger partial charge in [-0.2, -0.15) is 0 Å². The maximum Gasteiger partial charge on any atom is 0.211 e. The van der Waals surface area contributed by atoms with Crippen LogP contribution in [-0.2, 0) is 14.8 Å². The van der Waals surface area contributed by atoms with E-state index in [0.29, 0.717) is 24.8 Å². The molecule has 2 fully saturated rings. The van der Waals surface area contributed by atoms with Gasteiger partial charge < -0.3 is 10.1 Å². The van der Waals surface area contributed by atoms with Gasteiger partial charge in [-0.05, 0) is 44.7 Å². The van der Waals surface area contributed by atoms with E-state index in [1.807, 2.05) is 0 Å². The molecule has 0 radical (unpaired) electrons. The maximum atomic E-state index is 11.9. The Kier molecular flexibility index (Phi) is 4.64. The molecule has 0 spiro atoms. The van der Waals surface area contributed by atoms with Crippen molar-refractivity contribution in [3.05, 3.63) is 0 Å². The molecule has 0 bridgehead atoms. The van der Waals surface area contributed by atoms with Crippen molar-refractivity contribution in [2.75, 3.05) is 39.1 Å². The average Bonchev–Trinajstić information content (AvgIpc) is 3.12. The van der Waals surface area contributed by atoms with Crippen molar-refractivity contribution in [3.63, 3.8) is 0 Å². The summed E-state index contributed by atoms with van der Waals surface area (Å²) in [5, 5.41) is 3.30. The fourth-order valence-electron chi connectivity index (χ4n) is 2.55. The third-order valence-corrected chi connectivity index (χ3v) is 5.43. The lowest BCUT2D eigenvalue weighted by atomic mass is 9.80. The Morgan fingerprint density at radius 1 is 1.33 bits per heavy atom. The van der Waals surface area contributed by atoms with E-state index in [1.165, 1.54) is 0 Å². The molecule has 0 aromatic carbocycles. The van der Waals surface area contributed by atoms with E-state index >= 15 is 0 Å². The second-order valence-corrected chi connectivity index (χ2v) is 7.58. The van der Waals surface area contributed by atoms with E-state index in [9.17, 15) is 8.42 Å². The Labute approximate surface area is 110 Å². The highest BCUT2D eigenvalue weighted by Crippen LogP contribution is 2.31. The quantitative estimate of drug-likeness (QED) is 0.703. The van der Waals surface area contributed by atoms with Gasteiger partial charge in [0.05, 0.1) is 12.4 Å². The summed E-state index contributed by atoms with van der Waals surface area (Å²) in [6, 6.07) is 0. The predicted molar refractivity (Wildman–Crippen MR) is 70.9 cm³/mol. The molecule has 0 aromatic rings. The molecule has 5 nitrogen and oxygen atoms in total. The van der Waals surface area contributed by atoms with Crippen LogP contribution in [0.25, 0.3) is 0 Å². The lowest BCUT2D eigenvalue weighted by Crippen LogP contribution is -2.47. The highest BCUT2D eigenvalue weighted by molar-refractivity contribution is 7.89. The molecule has 0 atom stereocenters. The topological polar surface area (TPSA) is 67.4 Å². The standard InChI is InChI=1S/C12H24N2O3S/c1-17-10-12(4-6-13-7-5-12)9-14-18(15,16)8-11-2-3-11/h11,13-14H,2-10H2,1H3. The summed E-state index contributed by atoms with van der Waals surface area (Å²) in [6.07, 6.45) is 4.06. The number of sulfonamides is 1. The van der Waals surface area contributed by atoms with Crippen molar-refractivity contribution in [1.82, 2.24) is 10.0 Å². The molecule has 1 aliphatic heterocycles. The Bertz CT molecular complexity index is 354. The highest BCUT2D eigenvalue weighted by Gasteiger charge is 2.34. The summed E-state index contributed by atoms with van der Waals surface area (Å²) in [6.45, 7) is 3.01. The molecule has 1 aliphatic carbocycles. The van der Waals surface area contributed by atoms with Crippen LogP contribution in [0.3, 0.4) is 0 Å². The number of hydrogen-bond donors (Lipinski definition) is 2. The van der Waals surface area contributed by atoms with Crippen LogP contribution in [0.1, 0.15) is 25.7 Å². The summed E-state index contributed by atoms with van der Waals surface area (Å²) >= 11 is 0. The molecule has 2 aliphatic rings. The van der Waals surface area contributed by atoms with Gasteiger partial charge in [0.15, 0.2) is 0 Å². The van der Waals surface area contributed by atoms with E-state index in [2.05, 4.69) is 10.0 Å². The van der Waals surface area contributed by atoms with Crippen LogP contribution in [0.15, 0.2) is 0 Å². The molecular weight excluding hydrogens is 252 g/mol. The molecule has 18 heavy (non-hydrogen) atoms. The van der Waals surface area contributed by atoms with Crippen LogP contribution in [0.2, 0.25) is 0 Å². The fraction of sp³-hybridized carbons (Fsp3) is 1.00. The summed E-state index contributed by atoms with van der Waals surface area (Å²) in [7, 11) is -1.42. The van der Waals surface area contributed by atoms with E-state index in [0.717, 1.165) is 38.8 Å². The van der Waals surface area contributed by atoms with Crippen molar-refractivity contribution in [2.24, 2.45) is 11.3 Å². The molecule has 0 unspecified atom stereocenters. The first-order valence-corrected chi connectivity index (χ1v) is 8.37. The first-order valence-electron chi connectivity index (χ1n) is 6.72. The zero-order valence-electron chi connectivity index (χ0n) is 11.1. The van der Waals surface area contributed by atoms with Gasteiger partial charge in [0, 0.05) is 19.1 Å². The van der Waals surface area contributed by atoms with Crippen LogP contribution in [0, 0.1) is 11.3 Å². The zero-order valence-corrected chi connectivity index (χ0v) is 11.9. The molecule has 2 rings (SSSR count). The molecule has 1 heterocycles. The summed E-state index contributed by atoms with van der Waals surface area (Å²) in [5.41, 5.74) is -0.0311. The lowest BCUT2D eigenvalue weighted by Gasteiger charge is -2.37. The number of nitrogens with one attached hydrogen (secondary N) is 2. The minimum absolute atomic E-state index is 0.0311. The van der Waals surface area contributed by atoms with Gasteiger partial charge in [0.25, 0.3) is 0 Å². The van der Waals surface area contributed by atoms with Crippen LogP contribution < -0.4 is 10.0 Å². The van der Waals surface area contributed by atoms with Gasteiger partial charge in [-0.1, -0.05) is 0 Å². The molecule has 0 aromatic heterocycles. The lowest BCUT2D eigenvalue weighted by molar-refractivity contribution is 0.0577. The molecule has 1 saturated heterocycles. The third kappa shape index (κ3) is 4.19. The smallest absolute Gasteiger partial charge is 0.211 e. The van der Waals surface area contributed by atoms with E-state index in [4.69, 9.17) is 4.74 Å². The van der Waals surface area contributed by atoms with Crippen molar-refractivity contribution >= 4 is 10.0 Å². The summed E-state index contributed by atoms with van der Waals surface area (Å²) in [4.78, 5) is 0. The first-order chi connectivity index (χ1) is 8.55. The minimum Gasteiger partial charge on any atom is -0.384 e. The summed E-state index contributed by atoms with van der Waals surface area (Å²) in [5.74, 6) is 0.697. The van der Waals surface area contributed by atoms with Gasteiger partial charge >= 0.3 is 0 Å². The Hall–Kier alpha value is -0.170. The number of hydrogen-bond acceptors (Lipinski definition) is 4. The van der Waals surface area contributed by atoms with E-state index in [-0.39, 0.29) is 5.41 Å². The molecular formula is C12H24N2O3S. The van der Waals surface area contributed by atoms with Crippen LogP contribution >= 0.6 is 0 Å². The van der Waals surface area contributed by atoms with Crippen molar-refractivity contribution < 1.29 is 13.2 Å². The maximum absolute atomic E-state index is 11.9. The Balaban J connectivity index is 1.87. The predicted octanol–water partition coefficient (Wildman–Crippen LogP) is 0.332. The van der Waals surface area contributed by atoms with Gasteiger partial charge in [0.1, 0.15) is 0 Å². The molecule has 6 heteroatoms. The largest absolute Gasteiger partial charge is 0.384 e. The molecule has 106 valence electrons. The average molecular weight is 276 g/mol. The van der Waals surface area contributed by atoms with Gasteiger partial charge in [0.2, 0.25) is 10.0 Å². The fourth-order valence-corrected chi connectivity index (χ4v) is 4.15. The van der Waals surface area contributed by atoms with Crippen molar-refractivity contribution in [2.45, 2.75) is 25.7 Å². The first kappa shape index (κ1) is 14.2. The minimum atomic E-state index is -3.10. The highest BCUT2D eigenvalue weighted by atomic mass is 32.2. The number of rotatable bonds is 7. The molecule has 2 N–H and O–H groups in total. The SMILES string of the molecule is COCC1(CNS(=O)(=O)CC2CC2)CCNCC1. The van der Waals surface area contributed by atoms with E-state index in [1.54, 1.807) is 7.11 Å². The number of methoxy groups -OCH3 is 1. The third-order valence-electron chi connectivity index (χ3n) is 3.93. The second kappa shape index (κ2) is 5.86. The van der Waals surface area contributed by atoms with Crippen LogP contribution in [0.4, 0.5) is 0 Å². The zero-order chi connectivity index (χ0) is 13.1. The monoisotopic (exact) mass is 276 g/mol. The Morgan fingerprint density at radius 3 is 2.56 bits per heavy atom. The van der Waals surface area contributed by atoms with Crippen LogP contribution in [0.5, 0.6) is 0 Å². The van der Waals surface area contributed by atoms with Crippen LogP contribution in [-0.4, -0.2) is 47.5 Å². The molecule has 0 amide bonds. The van der Waals surface area contributed by atoms with Crippen molar-refractivity contribution in [1.29, 1.82) is 0 Å².